The quantitative estimate of drug-likeness (QED) is 0.651. The number of hydrogen-bond donors (Lipinski definition) is 3. The maximum Gasteiger partial charge on any atom is 0.289 e. The lowest BCUT2D eigenvalue weighted by molar-refractivity contribution is 0.0957. The number of aromatic nitrogens is 3. The van der Waals surface area contributed by atoms with Crippen molar-refractivity contribution in [3.8, 4) is 0 Å². The first-order valence-corrected chi connectivity index (χ1v) is 4.80. The number of rotatable bonds is 3. The van der Waals surface area contributed by atoms with Crippen LogP contribution in [0.1, 0.15) is 10.5 Å². The molecule has 0 spiro atoms. The van der Waals surface area contributed by atoms with E-state index in [1.165, 1.54) is 18.6 Å². The number of nitrogens with one attached hydrogen (secondary N) is 2. The molecule has 2 aromatic rings. The third-order valence-corrected chi connectivity index (χ3v) is 1.93. The molecule has 0 aliphatic heterocycles. The van der Waals surface area contributed by atoms with Crippen LogP contribution >= 0.6 is 0 Å². The van der Waals surface area contributed by atoms with Gasteiger partial charge in [0.1, 0.15) is 5.69 Å². The summed E-state index contributed by atoms with van der Waals surface area (Å²) in [4.78, 5) is 23.2. The van der Waals surface area contributed by atoms with Crippen molar-refractivity contribution < 1.29 is 4.79 Å². The number of nitrogens with zero attached hydrogens (tertiary/aromatic N) is 3. The first-order valence-electron chi connectivity index (χ1n) is 4.80. The smallest absolute Gasteiger partial charge is 0.289 e. The van der Waals surface area contributed by atoms with Crippen molar-refractivity contribution in [1.82, 2.24) is 20.4 Å². The summed E-state index contributed by atoms with van der Waals surface area (Å²) in [6.07, 6.45) is 5.84. The second-order valence-electron chi connectivity index (χ2n) is 3.11. The van der Waals surface area contributed by atoms with Gasteiger partial charge >= 0.3 is 0 Å². The molecule has 0 radical (unpaired) electrons. The van der Waals surface area contributed by atoms with Gasteiger partial charge in [-0.15, -0.1) is 0 Å². The van der Waals surface area contributed by atoms with Gasteiger partial charge in [-0.2, -0.15) is 0 Å². The summed E-state index contributed by atoms with van der Waals surface area (Å²) < 4.78 is 0. The number of hydrazine groups is 1. The Morgan fingerprint density at radius 2 is 2.12 bits per heavy atom. The number of nitrogens with two attached hydrogens (primary N) is 1. The third-order valence-electron chi connectivity index (χ3n) is 1.93. The summed E-state index contributed by atoms with van der Waals surface area (Å²) in [5.41, 5.74) is 11.3. The van der Waals surface area contributed by atoms with Gasteiger partial charge in [0.15, 0.2) is 5.82 Å². The molecule has 2 heterocycles. The van der Waals surface area contributed by atoms with E-state index in [9.17, 15) is 4.79 Å². The van der Waals surface area contributed by atoms with E-state index in [1.807, 2.05) is 0 Å². The fourth-order valence-corrected chi connectivity index (χ4v) is 1.12. The van der Waals surface area contributed by atoms with E-state index >= 15 is 0 Å². The molecule has 2 aromatic heterocycles. The molecule has 86 valence electrons. The molecular weight excluding hydrogens is 220 g/mol. The Hall–Kier alpha value is -2.70. The minimum atomic E-state index is -0.414. The van der Waals surface area contributed by atoms with E-state index in [4.69, 9.17) is 5.73 Å². The van der Waals surface area contributed by atoms with E-state index < -0.39 is 5.91 Å². The van der Waals surface area contributed by atoms with Gasteiger partial charge in [-0.25, -0.2) is 9.97 Å². The number of carbonyl (C=O) groups excluding carboxylic acids is 1. The maximum atomic E-state index is 11.6. The topological polar surface area (TPSA) is 106 Å². The largest absolute Gasteiger partial charge is 0.396 e. The van der Waals surface area contributed by atoms with E-state index in [0.717, 1.165) is 0 Å². The monoisotopic (exact) mass is 230 g/mol. The molecule has 7 heteroatoms. The number of nitrogen functional groups attached to an aromatic ring is 1. The van der Waals surface area contributed by atoms with Crippen LogP contribution in [0.2, 0.25) is 0 Å². The highest BCUT2D eigenvalue weighted by Crippen LogP contribution is 2.11. The molecule has 0 aliphatic carbocycles. The van der Waals surface area contributed by atoms with Gasteiger partial charge in [0.05, 0.1) is 11.9 Å². The molecule has 0 aromatic carbocycles. The molecule has 4 N–H and O–H groups in total. The predicted molar refractivity (Wildman–Crippen MR) is 61.8 cm³/mol. The lowest BCUT2D eigenvalue weighted by Crippen LogP contribution is -2.30. The van der Waals surface area contributed by atoms with E-state index in [1.54, 1.807) is 18.3 Å². The van der Waals surface area contributed by atoms with Gasteiger partial charge < -0.3 is 5.73 Å². The van der Waals surface area contributed by atoms with Crippen molar-refractivity contribution in [2.24, 2.45) is 0 Å². The molecule has 0 aliphatic rings. The van der Waals surface area contributed by atoms with Gasteiger partial charge in [-0.05, 0) is 12.1 Å². The van der Waals surface area contributed by atoms with Crippen molar-refractivity contribution in [1.29, 1.82) is 0 Å². The number of pyridine rings is 1. The Bertz CT molecular complexity index is 515. The first-order chi connectivity index (χ1) is 8.27. The summed E-state index contributed by atoms with van der Waals surface area (Å²) in [5.74, 6) is -0.0344. The van der Waals surface area contributed by atoms with E-state index in [0.29, 0.717) is 11.5 Å². The normalized spacial score (nSPS) is 9.65. The Morgan fingerprint density at radius 1 is 1.24 bits per heavy atom. The van der Waals surface area contributed by atoms with Crippen molar-refractivity contribution in [2.75, 3.05) is 11.2 Å². The standard InChI is InChI=1S/C10H10N6O/c11-7-2-1-3-14-9(7)15-16-10(17)8-6-12-4-5-13-8/h1-6H,11H2,(H,14,15)(H,16,17). The van der Waals surface area contributed by atoms with Crippen LogP contribution in [0.5, 0.6) is 0 Å². The number of carbonyl (C=O) groups is 1. The van der Waals surface area contributed by atoms with Crippen LogP contribution in [-0.4, -0.2) is 20.9 Å². The van der Waals surface area contributed by atoms with Crippen molar-refractivity contribution >= 4 is 17.4 Å². The summed E-state index contributed by atoms with van der Waals surface area (Å²) in [7, 11) is 0. The van der Waals surface area contributed by atoms with E-state index in [-0.39, 0.29) is 5.69 Å². The van der Waals surface area contributed by atoms with Crippen molar-refractivity contribution in [3.63, 3.8) is 0 Å². The molecule has 0 saturated heterocycles. The van der Waals surface area contributed by atoms with Gasteiger partial charge in [0.2, 0.25) is 0 Å². The zero-order valence-electron chi connectivity index (χ0n) is 8.79. The highest BCUT2D eigenvalue weighted by atomic mass is 16.2. The zero-order chi connectivity index (χ0) is 12.1. The Balaban J connectivity index is 2.00. The molecule has 0 atom stereocenters. The van der Waals surface area contributed by atoms with Crippen LogP contribution in [-0.2, 0) is 0 Å². The second kappa shape index (κ2) is 4.88. The average molecular weight is 230 g/mol. The fraction of sp³-hybridized carbons (Fsp3) is 0. The summed E-state index contributed by atoms with van der Waals surface area (Å²) in [6.45, 7) is 0. The fourth-order valence-electron chi connectivity index (χ4n) is 1.12. The van der Waals surface area contributed by atoms with Gasteiger partial charge in [0, 0.05) is 18.6 Å². The average Bonchev–Trinajstić information content (AvgIpc) is 2.38. The Kier molecular flexibility index (Phi) is 3.10. The summed E-state index contributed by atoms with van der Waals surface area (Å²) in [6, 6.07) is 3.37. The highest BCUT2D eigenvalue weighted by molar-refractivity contribution is 5.92. The SMILES string of the molecule is Nc1cccnc1NNC(=O)c1cnccn1. The van der Waals surface area contributed by atoms with Crippen LogP contribution in [0.3, 0.4) is 0 Å². The molecule has 0 fully saturated rings. The molecular formula is C10H10N6O. The molecule has 0 bridgehead atoms. The van der Waals surface area contributed by atoms with Crippen LogP contribution in [0.15, 0.2) is 36.9 Å². The third kappa shape index (κ3) is 2.65. The number of anilines is 2. The van der Waals surface area contributed by atoms with Gasteiger partial charge in [-0.3, -0.25) is 20.6 Å². The van der Waals surface area contributed by atoms with Crippen molar-refractivity contribution in [3.05, 3.63) is 42.6 Å². The predicted octanol–water partition coefficient (Wildman–Crippen LogP) is 0.211. The molecule has 2 rings (SSSR count). The first kappa shape index (κ1) is 10.8. The van der Waals surface area contributed by atoms with Crippen molar-refractivity contribution in [2.45, 2.75) is 0 Å². The minimum Gasteiger partial charge on any atom is -0.396 e. The second-order valence-corrected chi connectivity index (χ2v) is 3.11. The molecule has 1 amide bonds. The molecule has 17 heavy (non-hydrogen) atoms. The number of hydrogen-bond acceptors (Lipinski definition) is 6. The Labute approximate surface area is 97.1 Å². The van der Waals surface area contributed by atoms with E-state index in [2.05, 4.69) is 25.8 Å². The lowest BCUT2D eigenvalue weighted by Gasteiger charge is -2.08. The van der Waals surface area contributed by atoms with Crippen LogP contribution < -0.4 is 16.6 Å². The van der Waals surface area contributed by atoms with Crippen LogP contribution in [0.4, 0.5) is 11.5 Å². The Morgan fingerprint density at radius 3 is 2.82 bits per heavy atom. The minimum absolute atomic E-state index is 0.203. The molecule has 0 unspecified atom stereocenters. The number of amides is 1. The molecule has 7 nitrogen and oxygen atoms in total. The highest BCUT2D eigenvalue weighted by Gasteiger charge is 2.06. The summed E-state index contributed by atoms with van der Waals surface area (Å²) in [5, 5.41) is 0. The zero-order valence-corrected chi connectivity index (χ0v) is 8.79. The van der Waals surface area contributed by atoms with Crippen LogP contribution in [0, 0.1) is 0 Å². The summed E-state index contributed by atoms with van der Waals surface area (Å²) >= 11 is 0. The van der Waals surface area contributed by atoms with Crippen LogP contribution in [0.25, 0.3) is 0 Å². The lowest BCUT2D eigenvalue weighted by atomic mass is 10.4. The molecule has 0 saturated carbocycles. The maximum absolute atomic E-state index is 11.6. The van der Waals surface area contributed by atoms with Gasteiger partial charge in [0.25, 0.3) is 5.91 Å². The van der Waals surface area contributed by atoms with Gasteiger partial charge in [-0.1, -0.05) is 0 Å².